The van der Waals surface area contributed by atoms with Gasteiger partial charge in [0.05, 0.1) is 31.0 Å². The van der Waals surface area contributed by atoms with Crippen LogP contribution in [0.5, 0.6) is 0 Å². The lowest BCUT2D eigenvalue weighted by atomic mass is 9.43. The number of hydrogen-bond acceptors (Lipinski definition) is 18. The predicted octanol–water partition coefficient (Wildman–Crippen LogP) is 0.359. The van der Waals surface area contributed by atoms with Crippen molar-refractivity contribution in [3.05, 3.63) is 11.6 Å². The van der Waals surface area contributed by atoms with Gasteiger partial charge in [-0.05, 0) is 99.4 Å². The molecule has 62 heavy (non-hydrogen) atoms. The third-order valence-corrected chi connectivity index (χ3v) is 16.7. The molecule has 4 aliphatic carbocycles. The number of esters is 2. The number of hydrogen-bond donors (Lipinski definition) is 7. The van der Waals surface area contributed by atoms with Crippen LogP contribution in [0.2, 0.25) is 0 Å². The topological polar surface area (TPSA) is 259 Å². The van der Waals surface area contributed by atoms with Gasteiger partial charge in [0.1, 0.15) is 61.5 Å². The summed E-state index contributed by atoms with van der Waals surface area (Å²) >= 11 is 0. The molecule has 0 unspecified atom stereocenters. The summed E-state index contributed by atoms with van der Waals surface area (Å²) in [5.74, 6) is 0.101. The summed E-state index contributed by atoms with van der Waals surface area (Å²) in [6.07, 6.45) is -8.73. The van der Waals surface area contributed by atoms with E-state index >= 15 is 0 Å². The number of methoxy groups -OCH3 is 1. The Morgan fingerprint density at radius 3 is 2.13 bits per heavy atom. The fourth-order valence-corrected chi connectivity index (χ4v) is 13.1. The Labute approximate surface area is 362 Å². The van der Waals surface area contributed by atoms with Crippen molar-refractivity contribution >= 4 is 11.9 Å². The predicted molar refractivity (Wildman–Crippen MR) is 211 cm³/mol. The molecule has 4 saturated carbocycles. The number of carbonyl (C=O) groups excluding carboxylic acids is 2. The summed E-state index contributed by atoms with van der Waals surface area (Å²) in [4.78, 5) is 23.6. The summed E-state index contributed by atoms with van der Waals surface area (Å²) < 4.78 is 52.0. The molecule has 0 spiro atoms. The van der Waals surface area contributed by atoms with Crippen LogP contribution in [0.1, 0.15) is 91.9 Å². The molecule has 22 atom stereocenters. The molecule has 0 amide bonds. The zero-order valence-corrected chi connectivity index (χ0v) is 36.4. The van der Waals surface area contributed by atoms with Crippen molar-refractivity contribution in [2.75, 3.05) is 26.9 Å². The maximum atomic E-state index is 12.6. The molecule has 0 radical (unpaired) electrons. The van der Waals surface area contributed by atoms with Crippen molar-refractivity contribution in [3.63, 3.8) is 0 Å². The van der Waals surface area contributed by atoms with Gasteiger partial charge in [-0.1, -0.05) is 13.8 Å². The van der Waals surface area contributed by atoms with E-state index in [-0.39, 0.29) is 47.8 Å². The van der Waals surface area contributed by atoms with Crippen molar-refractivity contribution in [2.45, 2.75) is 190 Å². The van der Waals surface area contributed by atoms with E-state index in [1.807, 2.05) is 0 Å². The van der Waals surface area contributed by atoms with Gasteiger partial charge in [-0.25, -0.2) is 4.79 Å². The molecule has 18 nitrogen and oxygen atoms in total. The Hall–Kier alpha value is -1.88. The lowest BCUT2D eigenvalue weighted by molar-refractivity contribution is -0.342. The van der Waals surface area contributed by atoms with E-state index in [4.69, 9.17) is 42.6 Å². The molecule has 18 heteroatoms. The van der Waals surface area contributed by atoms with Crippen LogP contribution >= 0.6 is 0 Å². The Bertz CT molecular complexity index is 1650. The highest BCUT2D eigenvalue weighted by atomic mass is 16.7. The molecule has 8 rings (SSSR count). The molecule has 352 valence electrons. The van der Waals surface area contributed by atoms with Crippen molar-refractivity contribution in [3.8, 4) is 0 Å². The molecule has 7 N–H and O–H groups in total. The second-order valence-corrected chi connectivity index (χ2v) is 19.9. The van der Waals surface area contributed by atoms with Crippen molar-refractivity contribution in [2.24, 2.45) is 34.5 Å². The van der Waals surface area contributed by atoms with Gasteiger partial charge in [0.2, 0.25) is 0 Å². The molecule has 0 bridgehead atoms. The Kier molecular flexibility index (Phi) is 13.6. The van der Waals surface area contributed by atoms with E-state index < -0.39 is 104 Å². The summed E-state index contributed by atoms with van der Waals surface area (Å²) in [6.45, 7) is 7.13. The fraction of sp³-hybridized carbons (Fsp3) is 0.909. The number of rotatable bonds is 11. The first-order chi connectivity index (χ1) is 29.4. The highest BCUT2D eigenvalue weighted by molar-refractivity contribution is 5.85. The van der Waals surface area contributed by atoms with E-state index in [2.05, 4.69) is 13.8 Å². The molecule has 0 aromatic heterocycles. The monoisotopic (exact) mass is 884 g/mol. The standard InChI is InChI=1S/C44H68O18/c1-20-39(59-21(2)45)28(54-5)16-32(58-20)56-18-29-33(47)35(49)37(51)40(61-29)57-19-30-34(48)36(50)38(52)41(62-30)60-24-8-11-42(3)23(15-24)6-7-27-26(42)9-12-43(4)25(10-13-44(27,43)53)22-14-31(46)55-17-22/h14,20,23-30,32-41,47-53H,6-13,15-19H2,1-5H3/t20-,23-,24-,25-,26+,27-,28+,29+,30-,32-,33+,34-,35+,36+,37+,38-,39+,40+,41-,42+,43-,44-/m0/s1. The summed E-state index contributed by atoms with van der Waals surface area (Å²) in [5, 5.41) is 77.8. The Balaban J connectivity index is 0.853. The van der Waals surface area contributed by atoms with E-state index in [0.717, 1.165) is 44.1 Å². The maximum absolute atomic E-state index is 12.6. The zero-order chi connectivity index (χ0) is 44.5. The van der Waals surface area contributed by atoms with Crippen LogP contribution in [0.25, 0.3) is 0 Å². The van der Waals surface area contributed by atoms with Crippen LogP contribution in [-0.4, -0.2) is 172 Å². The molecule has 3 saturated heterocycles. The molecule has 4 aliphatic heterocycles. The third kappa shape index (κ3) is 8.30. The summed E-state index contributed by atoms with van der Waals surface area (Å²) in [7, 11) is 1.47. The van der Waals surface area contributed by atoms with Crippen LogP contribution in [-0.2, 0) is 52.2 Å². The van der Waals surface area contributed by atoms with Crippen LogP contribution < -0.4 is 0 Å². The summed E-state index contributed by atoms with van der Waals surface area (Å²) in [6, 6.07) is 0. The van der Waals surface area contributed by atoms with Crippen molar-refractivity contribution in [1.29, 1.82) is 0 Å². The Morgan fingerprint density at radius 2 is 1.47 bits per heavy atom. The number of carbonyl (C=O) groups is 2. The number of aliphatic hydroxyl groups is 7. The quantitative estimate of drug-likeness (QED) is 0.109. The molecule has 4 heterocycles. The van der Waals surface area contributed by atoms with Crippen LogP contribution in [0.15, 0.2) is 11.6 Å². The number of fused-ring (bicyclic) bond motifs is 5. The smallest absolute Gasteiger partial charge is 0.331 e. The second-order valence-electron chi connectivity index (χ2n) is 19.9. The van der Waals surface area contributed by atoms with Gasteiger partial charge < -0.3 is 78.4 Å². The van der Waals surface area contributed by atoms with Crippen molar-refractivity contribution < 1.29 is 88.0 Å². The maximum Gasteiger partial charge on any atom is 0.331 e. The van der Waals surface area contributed by atoms with E-state index in [9.17, 15) is 45.3 Å². The molecule has 7 fully saturated rings. The zero-order valence-electron chi connectivity index (χ0n) is 36.4. The van der Waals surface area contributed by atoms with E-state index in [1.54, 1.807) is 13.0 Å². The average Bonchev–Trinajstić information content (AvgIpc) is 3.79. The summed E-state index contributed by atoms with van der Waals surface area (Å²) in [5.41, 5.74) is -0.180. The SMILES string of the molecule is CO[C@@H]1C[C@@H](OC[C@H]2O[C@@H](OC[C@@H]3O[C@H](O[C@H]4CC[C@]5(C)[C@@H](CC[C@H]6[C@H]5CC[C@@]5(C)[C@H](C7=CC(=O)OC7)CC[C@]65O)C4)[C@@H](O)[C@H](O)[C@H]3O)[C@H](O)[C@H](O)[C@@H]2O)O[C@@H](C)[C@H]1OC(C)=O. The molecular weight excluding hydrogens is 816 g/mol. The Morgan fingerprint density at radius 1 is 0.790 bits per heavy atom. The van der Waals surface area contributed by atoms with Crippen LogP contribution in [0, 0.1) is 34.5 Å². The number of cyclic esters (lactones) is 1. The minimum absolute atomic E-state index is 0.0356. The molecule has 0 aromatic rings. The number of ether oxygens (including phenoxy) is 9. The first-order valence-corrected chi connectivity index (χ1v) is 22.6. The first-order valence-electron chi connectivity index (χ1n) is 22.6. The van der Waals surface area contributed by atoms with Gasteiger partial charge in [-0.3, -0.25) is 4.79 Å². The number of aliphatic hydroxyl groups excluding tert-OH is 6. The molecular formula is C44H68O18. The average molecular weight is 885 g/mol. The second kappa shape index (κ2) is 18.1. The van der Waals surface area contributed by atoms with Gasteiger partial charge >= 0.3 is 11.9 Å². The van der Waals surface area contributed by atoms with Crippen molar-refractivity contribution in [1.82, 2.24) is 0 Å². The highest BCUT2D eigenvalue weighted by Gasteiger charge is 2.68. The fourth-order valence-electron chi connectivity index (χ4n) is 13.1. The minimum atomic E-state index is -1.71. The minimum Gasteiger partial charge on any atom is -0.458 e. The van der Waals surface area contributed by atoms with Crippen LogP contribution in [0.3, 0.4) is 0 Å². The van der Waals surface area contributed by atoms with Crippen LogP contribution in [0.4, 0.5) is 0 Å². The molecule has 0 aromatic carbocycles. The first kappa shape index (κ1) is 46.6. The van der Waals surface area contributed by atoms with Gasteiger partial charge in [0, 0.05) is 31.9 Å². The highest BCUT2D eigenvalue weighted by Crippen LogP contribution is 2.70. The largest absolute Gasteiger partial charge is 0.458 e. The van der Waals surface area contributed by atoms with Gasteiger partial charge in [0.25, 0.3) is 0 Å². The van der Waals surface area contributed by atoms with Gasteiger partial charge in [0.15, 0.2) is 25.0 Å². The third-order valence-electron chi connectivity index (χ3n) is 16.7. The van der Waals surface area contributed by atoms with E-state index in [0.29, 0.717) is 37.7 Å². The lowest BCUT2D eigenvalue weighted by Crippen LogP contribution is -2.63. The molecule has 8 aliphatic rings. The lowest BCUT2D eigenvalue weighted by Gasteiger charge is -2.64. The van der Waals surface area contributed by atoms with Gasteiger partial charge in [-0.2, -0.15) is 0 Å². The van der Waals surface area contributed by atoms with E-state index in [1.165, 1.54) is 14.0 Å². The van der Waals surface area contributed by atoms with Gasteiger partial charge in [-0.15, -0.1) is 0 Å². The normalized spacial score (nSPS) is 51.7.